The minimum atomic E-state index is -4.55. The number of hydrogen-bond acceptors (Lipinski definition) is 2. The highest BCUT2D eigenvalue weighted by molar-refractivity contribution is 5.92. The van der Waals surface area contributed by atoms with E-state index >= 15 is 0 Å². The van der Waals surface area contributed by atoms with E-state index in [1.54, 1.807) is 24.3 Å². The summed E-state index contributed by atoms with van der Waals surface area (Å²) >= 11 is 0. The first-order chi connectivity index (χ1) is 39.2. The summed E-state index contributed by atoms with van der Waals surface area (Å²) in [6.07, 6.45) is 7.90. The number of alkyl halides is 6. The third kappa shape index (κ3) is 9.78. The Labute approximate surface area is 476 Å². The Morgan fingerprint density at radius 2 is 0.817 bits per heavy atom. The number of halogens is 6. The van der Waals surface area contributed by atoms with Crippen LogP contribution in [0.3, 0.4) is 0 Å². The largest absolute Gasteiger partial charge is 0.416 e. The Morgan fingerprint density at radius 1 is 0.378 bits per heavy atom. The van der Waals surface area contributed by atoms with Gasteiger partial charge in [0.25, 0.3) is 0 Å². The second-order valence-electron chi connectivity index (χ2n) is 22.4. The number of aryl methyl sites for hydroxylation is 8. The van der Waals surface area contributed by atoms with Crippen molar-refractivity contribution < 1.29 is 26.3 Å². The van der Waals surface area contributed by atoms with Gasteiger partial charge in [-0.25, -0.2) is 0 Å². The molecule has 0 aliphatic heterocycles. The van der Waals surface area contributed by atoms with Gasteiger partial charge in [-0.2, -0.15) is 26.3 Å². The molecule has 0 saturated carbocycles. The lowest BCUT2D eigenvalue weighted by Crippen LogP contribution is -2.37. The van der Waals surface area contributed by atoms with Crippen LogP contribution in [0.4, 0.5) is 49.1 Å². The Hall–Kier alpha value is -8.88. The van der Waals surface area contributed by atoms with E-state index in [2.05, 4.69) is 223 Å². The molecule has 4 aliphatic rings. The van der Waals surface area contributed by atoms with E-state index in [1.165, 1.54) is 16.7 Å². The molecule has 8 heteroatoms. The lowest BCUT2D eigenvalue weighted by atomic mass is 9.67. The average Bonchev–Trinajstić information content (AvgIpc) is 2.72. The number of allylic oxidation sites excluding steroid dienone is 10. The molecule has 8 aromatic carbocycles. The highest BCUT2D eigenvalue weighted by Gasteiger charge is 2.41. The molecule has 0 fully saturated rings. The van der Waals surface area contributed by atoms with Crippen molar-refractivity contribution in [2.45, 2.75) is 73.8 Å². The van der Waals surface area contributed by atoms with E-state index in [0.717, 1.165) is 142 Å². The predicted molar refractivity (Wildman–Crippen MR) is 325 cm³/mol. The number of nitrogens with zero attached hydrogens (tertiary/aromatic N) is 2. The molecule has 2 atom stereocenters. The molecule has 0 amide bonds. The first-order valence-electron chi connectivity index (χ1n) is 27.7. The monoisotopic (exact) mass is 1090 g/mol. The fraction of sp³-hybridized carbons (Fsp3) is 0.162. The summed E-state index contributed by atoms with van der Waals surface area (Å²) in [5, 5.41) is 0. The van der Waals surface area contributed by atoms with Crippen LogP contribution in [0.2, 0.25) is 0 Å². The van der Waals surface area contributed by atoms with Crippen LogP contribution < -0.4 is 9.80 Å². The van der Waals surface area contributed by atoms with Gasteiger partial charge in [-0.3, -0.25) is 0 Å². The summed E-state index contributed by atoms with van der Waals surface area (Å²) in [5.41, 5.74) is 24.1. The molecule has 2 unspecified atom stereocenters. The topological polar surface area (TPSA) is 6.48 Å². The van der Waals surface area contributed by atoms with Gasteiger partial charge < -0.3 is 9.80 Å². The van der Waals surface area contributed by atoms with Crippen LogP contribution in [0.25, 0.3) is 44.5 Å². The summed E-state index contributed by atoms with van der Waals surface area (Å²) in [6.45, 7) is 16.7. The van der Waals surface area contributed by atoms with Crippen LogP contribution in [-0.2, 0) is 12.4 Å². The number of hydrogen-bond donors (Lipinski definition) is 0. The minimum Gasteiger partial charge on any atom is -0.330 e. The summed E-state index contributed by atoms with van der Waals surface area (Å²) < 4.78 is 86.3. The van der Waals surface area contributed by atoms with Crippen LogP contribution in [0, 0.1) is 61.3 Å². The van der Waals surface area contributed by atoms with Gasteiger partial charge in [-0.05, 0) is 240 Å². The van der Waals surface area contributed by atoms with Crippen molar-refractivity contribution >= 4 is 22.7 Å². The summed E-state index contributed by atoms with van der Waals surface area (Å²) in [5.74, 6) is -0.315. The molecule has 0 heterocycles. The van der Waals surface area contributed by atoms with Gasteiger partial charge in [0.1, 0.15) is 0 Å². The van der Waals surface area contributed by atoms with Gasteiger partial charge in [0, 0.05) is 34.1 Å². The fourth-order valence-corrected chi connectivity index (χ4v) is 12.0. The zero-order valence-electron chi connectivity index (χ0n) is 46.9. The molecule has 0 aromatic heterocycles. The number of anilines is 4. The molecule has 0 radical (unpaired) electrons. The molecule has 2 nitrogen and oxygen atoms in total. The van der Waals surface area contributed by atoms with Gasteiger partial charge in [0.15, 0.2) is 0 Å². The molecule has 0 bridgehead atoms. The maximum Gasteiger partial charge on any atom is 0.416 e. The molecule has 0 N–H and O–H groups in total. The van der Waals surface area contributed by atoms with E-state index in [4.69, 9.17) is 0 Å². The van der Waals surface area contributed by atoms with E-state index in [0.29, 0.717) is 11.4 Å². The lowest BCUT2D eigenvalue weighted by Gasteiger charge is -2.44. The van der Waals surface area contributed by atoms with Crippen LogP contribution >= 0.6 is 0 Å². The molecule has 8 aromatic rings. The summed E-state index contributed by atoms with van der Waals surface area (Å²) in [6, 6.07) is 48.8. The first kappa shape index (κ1) is 53.7. The van der Waals surface area contributed by atoms with Crippen LogP contribution in [-0.4, -0.2) is 6.04 Å². The van der Waals surface area contributed by atoms with Gasteiger partial charge >= 0.3 is 12.4 Å². The summed E-state index contributed by atoms with van der Waals surface area (Å²) in [4.78, 5) is 4.27. The zero-order valence-corrected chi connectivity index (χ0v) is 46.9. The molecule has 12 rings (SSSR count). The Morgan fingerprint density at radius 3 is 1.32 bits per heavy atom. The van der Waals surface area contributed by atoms with Crippen molar-refractivity contribution in [2.75, 3.05) is 9.80 Å². The smallest absolute Gasteiger partial charge is 0.330 e. The SMILES string of the molecule is Cc1ccc(-c2ccc(N(C3=C4C=CC5=C6C(=CC=C(C=C3)C46)C(N(c3ccc(C(F)(F)F)cc3)c3ccc(-c4ccc(C)c(C)c4)cc3-c3ccc(C)c(C)c3)C=C5)c3ccc(C(F)(F)F)cc3)c(-c3ccc(C)c(C)c3)c2)cc1C. The highest BCUT2D eigenvalue weighted by Crippen LogP contribution is 2.54. The van der Waals surface area contributed by atoms with Gasteiger partial charge in [-0.15, -0.1) is 0 Å². The zero-order chi connectivity index (χ0) is 57.5. The Kier molecular flexibility index (Phi) is 13.5. The van der Waals surface area contributed by atoms with E-state index in [-0.39, 0.29) is 5.92 Å². The van der Waals surface area contributed by atoms with Crippen LogP contribution in [0.1, 0.15) is 55.6 Å². The average molecular weight is 1090 g/mol. The van der Waals surface area contributed by atoms with E-state index < -0.39 is 29.5 Å². The molecule has 82 heavy (non-hydrogen) atoms. The van der Waals surface area contributed by atoms with Crippen LogP contribution in [0.5, 0.6) is 0 Å². The normalized spacial score (nSPS) is 16.3. The maximum atomic E-state index is 14.4. The third-order valence-corrected chi connectivity index (χ3v) is 17.2. The standard InChI is InChI=1S/C74H60F6N2/c1-43-9-13-53(37-47(43)5)55-21-35-69(65(41-55)57-15-11-45(3)49(7)39-57)81(61-27-23-59(24-28-61)73(75,76)77)67-33-19-51-18-32-64-68(34-20-52-17-31-63(67)71(51)72(52)64)82(62-29-25-60(26-30-62)74(78,79)80)70-36-22-56(54-14-10-44(2)48(6)38-54)42-66(70)58-16-12-46(4)50(8)40-58/h9-42,67,72H,1-8H3. The number of benzene rings is 8. The van der Waals surface area contributed by atoms with Crippen molar-refractivity contribution in [3.8, 4) is 44.5 Å². The molecule has 0 saturated heterocycles. The Balaban J connectivity index is 1.04. The molecule has 408 valence electrons. The van der Waals surface area contributed by atoms with Crippen molar-refractivity contribution in [3.63, 3.8) is 0 Å². The van der Waals surface area contributed by atoms with Crippen molar-refractivity contribution in [3.05, 3.63) is 296 Å². The molecular weight excluding hydrogens is 1030 g/mol. The second kappa shape index (κ2) is 20.6. The molecule has 4 aliphatic carbocycles. The molecular formula is C74H60F6N2. The first-order valence-corrected chi connectivity index (χ1v) is 27.7. The molecule has 0 spiro atoms. The second-order valence-corrected chi connectivity index (χ2v) is 22.4. The van der Waals surface area contributed by atoms with Crippen LogP contribution in [0.15, 0.2) is 240 Å². The van der Waals surface area contributed by atoms with Gasteiger partial charge in [0.05, 0.1) is 28.6 Å². The Bertz CT molecular complexity index is 4150. The van der Waals surface area contributed by atoms with Gasteiger partial charge in [-0.1, -0.05) is 127 Å². The fourth-order valence-electron chi connectivity index (χ4n) is 12.0. The quantitative estimate of drug-likeness (QED) is 0.126. The lowest BCUT2D eigenvalue weighted by molar-refractivity contribution is -0.138. The van der Waals surface area contributed by atoms with Crippen molar-refractivity contribution in [1.29, 1.82) is 0 Å². The van der Waals surface area contributed by atoms with Crippen molar-refractivity contribution in [2.24, 2.45) is 5.92 Å². The predicted octanol–water partition coefficient (Wildman–Crippen LogP) is 20.9. The van der Waals surface area contributed by atoms with E-state index in [1.807, 2.05) is 0 Å². The minimum absolute atomic E-state index is 0.315. The number of rotatable bonds is 10. The van der Waals surface area contributed by atoms with Gasteiger partial charge in [0.2, 0.25) is 0 Å². The third-order valence-electron chi connectivity index (χ3n) is 17.2. The van der Waals surface area contributed by atoms with E-state index in [9.17, 15) is 26.3 Å². The summed E-state index contributed by atoms with van der Waals surface area (Å²) in [7, 11) is 0. The highest BCUT2D eigenvalue weighted by atomic mass is 19.4. The van der Waals surface area contributed by atoms with Crippen molar-refractivity contribution in [1.82, 2.24) is 0 Å². The maximum absolute atomic E-state index is 14.4.